The molecule has 2 saturated carbocycles. The molecule has 0 spiro atoms. The number of rotatable bonds is 4. The van der Waals surface area contributed by atoms with Crippen molar-refractivity contribution in [3.05, 3.63) is 0 Å². The van der Waals surface area contributed by atoms with Crippen molar-refractivity contribution in [2.24, 2.45) is 23.5 Å². The van der Waals surface area contributed by atoms with Gasteiger partial charge in [-0.1, -0.05) is 6.92 Å². The number of esters is 2. The second-order valence-corrected chi connectivity index (χ2v) is 7.92. The van der Waals surface area contributed by atoms with Crippen LogP contribution in [0.4, 0.5) is 0 Å². The first kappa shape index (κ1) is 16.1. The lowest BCUT2D eigenvalue weighted by Crippen LogP contribution is -2.55. The van der Waals surface area contributed by atoms with Crippen LogP contribution in [0.5, 0.6) is 0 Å². The molecule has 7 heteroatoms. The fourth-order valence-electron chi connectivity index (χ4n) is 4.40. The summed E-state index contributed by atoms with van der Waals surface area (Å²) in [5, 5.41) is 11.0. The van der Waals surface area contributed by atoms with Crippen LogP contribution in [0.15, 0.2) is 0 Å². The van der Waals surface area contributed by atoms with Crippen LogP contribution in [-0.2, 0) is 19.1 Å². The highest BCUT2D eigenvalue weighted by molar-refractivity contribution is 8.00. The lowest BCUT2D eigenvalue weighted by Gasteiger charge is -2.44. The molecule has 7 atom stereocenters. The summed E-state index contributed by atoms with van der Waals surface area (Å²) < 4.78 is 10.1. The van der Waals surface area contributed by atoms with Crippen molar-refractivity contribution in [3.8, 4) is 0 Å². The molecule has 1 heterocycles. The predicted octanol–water partition coefficient (Wildman–Crippen LogP) is 0.311. The standard InChI is InChI=1S/C15H23NO5S/c1-7-5-8-3-4-10-15(8,19)11(14(18)21-10)12(7)22-6-9(16)13(17)20-2/h7-12,19H,3-6,16H2,1-2H3/t7-,8+,9?,10+,11?,12+,15+/m0/s1. The van der Waals surface area contributed by atoms with Gasteiger partial charge in [-0.05, 0) is 31.1 Å². The van der Waals surface area contributed by atoms with E-state index in [0.29, 0.717) is 5.75 Å². The molecule has 1 aliphatic heterocycles. The molecule has 0 amide bonds. The quantitative estimate of drug-likeness (QED) is 0.716. The highest BCUT2D eigenvalue weighted by Crippen LogP contribution is 2.58. The summed E-state index contributed by atoms with van der Waals surface area (Å²) in [6, 6.07) is -0.716. The van der Waals surface area contributed by atoms with Crippen molar-refractivity contribution in [1.29, 1.82) is 0 Å². The first-order valence-electron chi connectivity index (χ1n) is 7.77. The Kier molecular flexibility index (Phi) is 4.16. The number of methoxy groups -OCH3 is 1. The Morgan fingerprint density at radius 3 is 3.00 bits per heavy atom. The van der Waals surface area contributed by atoms with Crippen LogP contribution in [0, 0.1) is 17.8 Å². The Balaban J connectivity index is 1.76. The molecule has 0 aromatic rings. The number of ether oxygens (including phenoxy) is 2. The van der Waals surface area contributed by atoms with Gasteiger partial charge in [-0.15, -0.1) is 0 Å². The smallest absolute Gasteiger partial charge is 0.323 e. The largest absolute Gasteiger partial charge is 0.468 e. The third kappa shape index (κ3) is 2.25. The van der Waals surface area contributed by atoms with Crippen molar-refractivity contribution in [2.45, 2.75) is 49.2 Å². The van der Waals surface area contributed by atoms with Gasteiger partial charge in [0.05, 0.1) is 7.11 Å². The van der Waals surface area contributed by atoms with Crippen molar-refractivity contribution in [2.75, 3.05) is 12.9 Å². The van der Waals surface area contributed by atoms with Gasteiger partial charge in [-0.3, -0.25) is 9.59 Å². The van der Waals surface area contributed by atoms with E-state index in [1.807, 2.05) is 0 Å². The summed E-state index contributed by atoms with van der Waals surface area (Å²) in [5.41, 5.74) is 4.76. The van der Waals surface area contributed by atoms with Crippen LogP contribution >= 0.6 is 11.8 Å². The topological polar surface area (TPSA) is 98.9 Å². The first-order chi connectivity index (χ1) is 10.4. The minimum atomic E-state index is -1.03. The van der Waals surface area contributed by atoms with Crippen molar-refractivity contribution >= 4 is 23.7 Å². The average Bonchev–Trinajstić information content (AvgIpc) is 2.93. The van der Waals surface area contributed by atoms with Gasteiger partial charge in [0, 0.05) is 11.0 Å². The van der Waals surface area contributed by atoms with Gasteiger partial charge in [0.25, 0.3) is 0 Å². The van der Waals surface area contributed by atoms with Crippen molar-refractivity contribution < 1.29 is 24.2 Å². The van der Waals surface area contributed by atoms with Crippen molar-refractivity contribution in [3.63, 3.8) is 0 Å². The second-order valence-electron chi connectivity index (χ2n) is 6.71. The third-order valence-corrected chi connectivity index (χ3v) is 7.15. The van der Waals surface area contributed by atoms with Gasteiger partial charge in [-0.25, -0.2) is 0 Å². The van der Waals surface area contributed by atoms with Gasteiger partial charge >= 0.3 is 11.9 Å². The number of aliphatic hydroxyl groups is 1. The zero-order valence-corrected chi connectivity index (χ0v) is 13.7. The van der Waals surface area contributed by atoms with Crippen LogP contribution in [0.2, 0.25) is 0 Å². The van der Waals surface area contributed by atoms with Gasteiger partial charge < -0.3 is 20.3 Å². The second kappa shape index (κ2) is 5.69. The summed E-state index contributed by atoms with van der Waals surface area (Å²) >= 11 is 1.48. The first-order valence-corrected chi connectivity index (χ1v) is 8.82. The fourth-order valence-corrected chi connectivity index (χ4v) is 5.92. The Morgan fingerprint density at radius 1 is 1.59 bits per heavy atom. The minimum absolute atomic E-state index is 0.0763. The number of nitrogens with two attached hydrogens (primary N) is 1. The van der Waals surface area contributed by atoms with Crippen LogP contribution < -0.4 is 5.73 Å². The number of carbonyl (C=O) groups is 2. The molecule has 0 aromatic carbocycles. The molecule has 124 valence electrons. The molecule has 3 N–H and O–H groups in total. The van der Waals surface area contributed by atoms with Crippen molar-refractivity contribution in [1.82, 2.24) is 0 Å². The number of hydrogen-bond donors (Lipinski definition) is 2. The van der Waals surface area contributed by atoms with E-state index < -0.39 is 23.5 Å². The summed E-state index contributed by atoms with van der Waals surface area (Å²) in [7, 11) is 1.31. The zero-order valence-electron chi connectivity index (χ0n) is 12.9. The molecule has 3 aliphatic rings. The molecule has 3 fully saturated rings. The predicted molar refractivity (Wildman–Crippen MR) is 81.1 cm³/mol. The van der Waals surface area contributed by atoms with E-state index in [2.05, 4.69) is 11.7 Å². The molecule has 0 radical (unpaired) electrons. The third-order valence-electron chi connectivity index (χ3n) is 5.48. The molecule has 1 saturated heterocycles. The molecule has 0 aromatic heterocycles. The van der Waals surface area contributed by atoms with E-state index in [4.69, 9.17) is 10.5 Å². The SMILES string of the molecule is COC(=O)C(N)CS[C@H]1C2C(=O)O[C@@H]3CC[C@H](C[C@@H]1C)[C@]23O. The van der Waals surface area contributed by atoms with Crippen LogP contribution in [0.3, 0.4) is 0 Å². The number of carbonyl (C=O) groups excluding carboxylic acids is 2. The van der Waals surface area contributed by atoms with Crippen LogP contribution in [0.25, 0.3) is 0 Å². The number of hydrogen-bond acceptors (Lipinski definition) is 7. The maximum absolute atomic E-state index is 12.3. The van der Waals surface area contributed by atoms with E-state index in [1.165, 1.54) is 18.9 Å². The van der Waals surface area contributed by atoms with Gasteiger partial charge in [0.2, 0.25) is 0 Å². The lowest BCUT2D eigenvalue weighted by molar-refractivity contribution is -0.145. The molecular weight excluding hydrogens is 306 g/mol. The summed E-state index contributed by atoms with van der Waals surface area (Å²) in [5.74, 6) is -0.488. The average molecular weight is 329 g/mol. The Bertz CT molecular complexity index is 487. The van der Waals surface area contributed by atoms with E-state index in [-0.39, 0.29) is 29.2 Å². The minimum Gasteiger partial charge on any atom is -0.468 e. The van der Waals surface area contributed by atoms with E-state index in [0.717, 1.165) is 19.3 Å². The van der Waals surface area contributed by atoms with E-state index in [1.54, 1.807) is 0 Å². The van der Waals surface area contributed by atoms with Crippen LogP contribution in [-0.4, -0.2) is 52.9 Å². The van der Waals surface area contributed by atoms with Gasteiger partial charge in [0.1, 0.15) is 23.7 Å². The zero-order chi connectivity index (χ0) is 16.1. The Hall–Kier alpha value is -0.790. The monoisotopic (exact) mass is 329 g/mol. The van der Waals surface area contributed by atoms with E-state index >= 15 is 0 Å². The lowest BCUT2D eigenvalue weighted by atomic mass is 9.66. The molecule has 6 nitrogen and oxygen atoms in total. The molecule has 2 aliphatic carbocycles. The Morgan fingerprint density at radius 2 is 2.32 bits per heavy atom. The highest BCUT2D eigenvalue weighted by atomic mass is 32.2. The fraction of sp³-hybridized carbons (Fsp3) is 0.867. The molecule has 22 heavy (non-hydrogen) atoms. The van der Waals surface area contributed by atoms with Gasteiger partial charge in [0.15, 0.2) is 0 Å². The van der Waals surface area contributed by atoms with E-state index in [9.17, 15) is 14.7 Å². The summed E-state index contributed by atoms with van der Waals surface area (Å²) in [6.07, 6.45) is 2.18. The normalized spacial score (nSPS) is 44.4. The molecule has 2 unspecified atom stereocenters. The summed E-state index contributed by atoms with van der Waals surface area (Å²) in [6.45, 7) is 2.10. The maximum Gasteiger partial charge on any atom is 0.323 e. The number of thioether (sulfide) groups is 1. The van der Waals surface area contributed by atoms with Gasteiger partial charge in [-0.2, -0.15) is 11.8 Å². The molecule has 3 rings (SSSR count). The van der Waals surface area contributed by atoms with Crippen LogP contribution in [0.1, 0.15) is 26.2 Å². The maximum atomic E-state index is 12.3. The highest BCUT2D eigenvalue weighted by Gasteiger charge is 2.68. The Labute approximate surface area is 134 Å². The molecular formula is C15H23NO5S. The molecule has 0 bridgehead atoms. The summed E-state index contributed by atoms with van der Waals surface area (Å²) in [4.78, 5) is 23.7.